The van der Waals surface area contributed by atoms with Crippen molar-refractivity contribution >= 4 is 17.8 Å². The molecule has 0 aromatic rings. The zero-order valence-corrected chi connectivity index (χ0v) is 39.4. The largest absolute Gasteiger partial charge is 0.481 e. The van der Waals surface area contributed by atoms with E-state index in [1.807, 2.05) is 13.0 Å². The van der Waals surface area contributed by atoms with Crippen LogP contribution in [-0.2, 0) is 33.3 Å². The number of amides is 1. The van der Waals surface area contributed by atoms with E-state index in [1.54, 1.807) is 86.8 Å². The van der Waals surface area contributed by atoms with Crippen LogP contribution in [0.5, 0.6) is 0 Å². The van der Waals surface area contributed by atoms with Gasteiger partial charge in [-0.25, -0.2) is 0 Å². The molecule has 2 saturated heterocycles. The minimum Gasteiger partial charge on any atom is -0.481 e. The molecule has 2 bridgehead atoms. The summed E-state index contributed by atoms with van der Waals surface area (Å²) in [7, 11) is 0. The van der Waals surface area contributed by atoms with Gasteiger partial charge in [-0.3, -0.25) is 14.4 Å². The Balaban J connectivity index is 1.90. The Morgan fingerprint density at radius 1 is 0.662 bits per heavy atom. The summed E-state index contributed by atoms with van der Waals surface area (Å²) in [6.45, 7) is 7.90. The Bertz CT molecular complexity index is 1780. The minimum atomic E-state index is -2.36. The number of allylic oxidation sites excluding steroid dienone is 12. The van der Waals surface area contributed by atoms with Crippen LogP contribution in [0.4, 0.5) is 0 Å². The Morgan fingerprint density at radius 2 is 1.24 bits per heavy atom. The number of aliphatic hydroxyl groups excluding tert-OH is 9. The molecule has 3 aliphatic heterocycles. The summed E-state index contributed by atoms with van der Waals surface area (Å²) >= 11 is 0. The second kappa shape index (κ2) is 28.7. The average molecular weight is 966 g/mol. The number of carboxylic acid groups (broad SMARTS) is 1. The molecule has 1 amide bonds. The third-order valence-electron chi connectivity index (χ3n) is 12.3. The third kappa shape index (κ3) is 19.5. The molecule has 2 fully saturated rings. The van der Waals surface area contributed by atoms with Crippen LogP contribution in [0.1, 0.15) is 86.0 Å². The number of esters is 1. The molecule has 19 atom stereocenters. The topological polar surface area (TPSA) is 323 Å². The predicted octanol–water partition coefficient (Wildman–Crippen LogP) is 0.889. The molecule has 3 rings (SSSR count). The molecule has 19 heteroatoms. The zero-order valence-electron chi connectivity index (χ0n) is 39.4. The predicted molar refractivity (Wildman–Crippen MR) is 247 cm³/mol. The number of hydrogen-bond acceptors (Lipinski definition) is 17. The van der Waals surface area contributed by atoms with E-state index in [-0.39, 0.29) is 31.6 Å². The number of hydrogen-bond donors (Lipinski definition) is 12. The van der Waals surface area contributed by atoms with Gasteiger partial charge in [0, 0.05) is 44.4 Å². The molecular formula is C49H75NO18. The normalized spacial score (nSPS) is 43.4. The van der Waals surface area contributed by atoms with Crippen molar-refractivity contribution in [3.8, 4) is 0 Å². The lowest BCUT2D eigenvalue weighted by atomic mass is 9.82. The lowest BCUT2D eigenvalue weighted by Crippen LogP contribution is -2.64. The van der Waals surface area contributed by atoms with Crippen LogP contribution in [0.2, 0.25) is 0 Å². The van der Waals surface area contributed by atoms with Gasteiger partial charge in [0.1, 0.15) is 24.2 Å². The number of ether oxygens (including phenoxy) is 4. The Morgan fingerprint density at radius 3 is 1.81 bits per heavy atom. The van der Waals surface area contributed by atoms with Crippen molar-refractivity contribution in [3.05, 3.63) is 85.1 Å². The number of nitrogens with one attached hydrogen (secondary N) is 1. The molecule has 68 heavy (non-hydrogen) atoms. The maximum atomic E-state index is 12.6. The first-order valence-corrected chi connectivity index (χ1v) is 23.2. The Labute approximate surface area is 398 Å². The molecule has 0 spiro atoms. The van der Waals surface area contributed by atoms with E-state index in [1.165, 1.54) is 19.9 Å². The molecular weight excluding hydrogens is 891 g/mol. The summed E-state index contributed by atoms with van der Waals surface area (Å²) in [6.07, 6.45) is 2.48. The number of carbonyl (C=O) groups excluding carboxylic acids is 2. The lowest BCUT2D eigenvalue weighted by molar-refractivity contribution is -0.309. The molecule has 6 unspecified atom stereocenters. The van der Waals surface area contributed by atoms with E-state index in [2.05, 4.69) is 5.32 Å². The van der Waals surface area contributed by atoms with Gasteiger partial charge >= 0.3 is 11.9 Å². The van der Waals surface area contributed by atoms with Crippen LogP contribution in [0, 0.1) is 17.8 Å². The van der Waals surface area contributed by atoms with E-state index in [0.29, 0.717) is 0 Å². The van der Waals surface area contributed by atoms with Crippen LogP contribution in [0.15, 0.2) is 85.1 Å². The second-order valence-electron chi connectivity index (χ2n) is 18.2. The summed E-state index contributed by atoms with van der Waals surface area (Å²) in [4.78, 5) is 37.1. The molecule has 3 aliphatic rings. The van der Waals surface area contributed by atoms with Crippen molar-refractivity contribution in [1.82, 2.24) is 5.32 Å². The van der Waals surface area contributed by atoms with Gasteiger partial charge in [-0.15, -0.1) is 0 Å². The number of carboxylic acids is 1. The summed E-state index contributed by atoms with van der Waals surface area (Å²) < 4.78 is 23.3. The third-order valence-corrected chi connectivity index (χ3v) is 12.3. The highest BCUT2D eigenvalue weighted by Gasteiger charge is 2.51. The van der Waals surface area contributed by atoms with E-state index >= 15 is 0 Å². The standard InChI is InChI=1S/C49H75NO18/c1-28-18-16-14-12-10-8-6-7-9-11-13-15-17-19-36(67-48-46(61)43(50-32(5)51)45(60)31(4)66-48)25-40-42(47(62)63)39(57)27-49(64,68-40)26-35(54)23-38(56)37(55)21-20-33(52)22-34(53)24-41(58)65-30(3)29(2)44(28)59/h6-19,28-31,33-40,42-46,48,52-57,59-61,64H,20-27H2,1-5H3,(H,50,51)(H,62,63)/b7-6-,10-8+,11-9+,14-12+,15-13+,18-16?,19-17+/t28-,29-,30?,31?,33+,34+,35-,36-,37+,38+,39-,40-,42+,43?,44+,45?,46?,48?,49+/m0/s1. The molecule has 19 nitrogen and oxygen atoms in total. The van der Waals surface area contributed by atoms with Crippen LogP contribution in [0.25, 0.3) is 0 Å². The highest BCUT2D eigenvalue weighted by molar-refractivity contribution is 5.73. The molecule has 0 radical (unpaired) electrons. The molecule has 3 heterocycles. The molecule has 0 aliphatic carbocycles. The maximum absolute atomic E-state index is 12.6. The van der Waals surface area contributed by atoms with Crippen molar-refractivity contribution in [2.75, 3.05) is 0 Å². The van der Waals surface area contributed by atoms with E-state index in [4.69, 9.17) is 18.9 Å². The number of aliphatic hydroxyl groups is 10. The number of carbonyl (C=O) groups is 3. The summed E-state index contributed by atoms with van der Waals surface area (Å²) in [5.41, 5.74) is 0. The molecule has 0 aromatic heterocycles. The fourth-order valence-corrected chi connectivity index (χ4v) is 8.34. The lowest BCUT2D eigenvalue weighted by Gasteiger charge is -2.45. The number of cyclic esters (lactones) is 1. The molecule has 0 aromatic carbocycles. The SMILES string of the molecule is CC(=O)NC1C(O)C(C)OC(O[C@H]2/C=C/C=C/C=C/C=C\C=C\C=C\C=C[C@H](C)[C@@H](O)[C@@H](C)C(C)OC(=O)C[C@H](O)C[C@H](O)CC[C@@H](O)[C@H](O)C[C@H](O)C[C@]3(O)C[C@H](O)[C@@H](C(=O)O)[C@H](C2)O3)C1O. The van der Waals surface area contributed by atoms with Gasteiger partial charge in [0.25, 0.3) is 0 Å². The van der Waals surface area contributed by atoms with Crippen molar-refractivity contribution in [2.24, 2.45) is 17.8 Å². The first-order chi connectivity index (χ1) is 32.0. The zero-order chi connectivity index (χ0) is 50.7. The quantitative estimate of drug-likeness (QED) is 0.174. The van der Waals surface area contributed by atoms with Crippen LogP contribution >= 0.6 is 0 Å². The number of fused-ring (bicyclic) bond motifs is 2. The highest BCUT2D eigenvalue weighted by Crippen LogP contribution is 2.38. The van der Waals surface area contributed by atoms with Crippen LogP contribution in [0.3, 0.4) is 0 Å². The summed E-state index contributed by atoms with van der Waals surface area (Å²) in [5.74, 6) is -7.49. The van der Waals surface area contributed by atoms with Crippen LogP contribution in [-0.4, -0.2) is 171 Å². The second-order valence-corrected chi connectivity index (χ2v) is 18.2. The van der Waals surface area contributed by atoms with Crippen molar-refractivity contribution < 1.29 is 89.5 Å². The van der Waals surface area contributed by atoms with Crippen molar-refractivity contribution in [2.45, 2.75) is 183 Å². The minimum absolute atomic E-state index is 0.119. The average Bonchev–Trinajstić information content (AvgIpc) is 3.24. The van der Waals surface area contributed by atoms with Gasteiger partial charge < -0.3 is 80.4 Å². The van der Waals surface area contributed by atoms with E-state index in [9.17, 15) is 70.6 Å². The van der Waals surface area contributed by atoms with Gasteiger partial charge in [-0.05, 0) is 33.1 Å². The molecule has 384 valence electrons. The van der Waals surface area contributed by atoms with Gasteiger partial charge in [0.05, 0.1) is 73.5 Å². The Kier molecular flexibility index (Phi) is 24.6. The number of rotatable bonds is 4. The van der Waals surface area contributed by atoms with E-state index in [0.717, 1.165) is 0 Å². The van der Waals surface area contributed by atoms with Crippen molar-refractivity contribution in [1.29, 1.82) is 0 Å². The van der Waals surface area contributed by atoms with Gasteiger partial charge in [-0.1, -0.05) is 98.9 Å². The maximum Gasteiger partial charge on any atom is 0.311 e. The van der Waals surface area contributed by atoms with Crippen molar-refractivity contribution in [3.63, 3.8) is 0 Å². The fourth-order valence-electron chi connectivity index (χ4n) is 8.34. The summed E-state index contributed by atoms with van der Waals surface area (Å²) in [5, 5.41) is 122. The smallest absolute Gasteiger partial charge is 0.311 e. The molecule has 12 N–H and O–H groups in total. The van der Waals surface area contributed by atoms with Gasteiger partial charge in [0.2, 0.25) is 5.91 Å². The summed E-state index contributed by atoms with van der Waals surface area (Å²) in [6, 6.07) is -1.21. The molecule has 0 saturated carbocycles. The Hall–Kier alpha value is -3.93. The van der Waals surface area contributed by atoms with Crippen LogP contribution < -0.4 is 5.32 Å². The number of aliphatic carboxylic acids is 1. The van der Waals surface area contributed by atoms with E-state index < -0.39 is 153 Å². The monoisotopic (exact) mass is 965 g/mol. The first kappa shape index (κ1) is 58.4. The fraction of sp³-hybridized carbons (Fsp3) is 0.653. The van der Waals surface area contributed by atoms with Gasteiger partial charge in [-0.2, -0.15) is 0 Å². The highest BCUT2D eigenvalue weighted by atomic mass is 16.7. The first-order valence-electron chi connectivity index (χ1n) is 23.2. The van der Waals surface area contributed by atoms with Gasteiger partial charge in [0.15, 0.2) is 12.1 Å².